The van der Waals surface area contributed by atoms with Crippen molar-refractivity contribution in [3.8, 4) is 5.75 Å². The topological polar surface area (TPSA) is 156 Å². The molecule has 1 aromatic carbocycles. The zero-order valence-corrected chi connectivity index (χ0v) is 28.0. The molecule has 2 aromatic rings. The number of piperidine rings is 2. The Kier molecular flexibility index (Phi) is 9.71. The van der Waals surface area contributed by atoms with Crippen molar-refractivity contribution in [2.75, 3.05) is 65.0 Å². The van der Waals surface area contributed by atoms with Crippen molar-refractivity contribution in [2.45, 2.75) is 76.7 Å². The molecule has 6 rings (SSSR count). The average molecular weight is 691 g/mol. The number of carbonyl (C=O) groups is 2. The molecular weight excluding hydrogens is 646 g/mol. The number of nitrogens with zero attached hydrogens (tertiary/aromatic N) is 3. The number of esters is 1. The summed E-state index contributed by atoms with van der Waals surface area (Å²) in [5.41, 5.74) is 8.10. The first-order valence-electron chi connectivity index (χ1n) is 16.8. The normalized spacial score (nSPS) is 20.3. The number of alkyl halides is 2. The lowest BCUT2D eigenvalue weighted by molar-refractivity contribution is -0.144. The summed E-state index contributed by atoms with van der Waals surface area (Å²) in [6.45, 7) is 3.59. The third kappa shape index (κ3) is 7.94. The minimum absolute atomic E-state index is 0.125. The Morgan fingerprint density at radius 3 is 2.46 bits per heavy atom. The van der Waals surface area contributed by atoms with Gasteiger partial charge >= 0.3 is 5.97 Å². The molecule has 2 saturated heterocycles. The second-order valence-electron chi connectivity index (χ2n) is 13.4. The van der Waals surface area contributed by atoms with Crippen LogP contribution in [0.3, 0.4) is 0 Å². The summed E-state index contributed by atoms with van der Waals surface area (Å²) in [4.78, 5) is 34.4. The van der Waals surface area contributed by atoms with Gasteiger partial charge in [-0.15, -0.1) is 0 Å². The van der Waals surface area contributed by atoms with Gasteiger partial charge in [0.1, 0.15) is 24.2 Å². The molecule has 0 unspecified atom stereocenters. The van der Waals surface area contributed by atoms with E-state index >= 15 is 0 Å². The van der Waals surface area contributed by atoms with Crippen LogP contribution in [-0.4, -0.2) is 82.4 Å². The molecule has 48 heavy (non-hydrogen) atoms. The van der Waals surface area contributed by atoms with Crippen molar-refractivity contribution in [1.29, 1.82) is 0 Å². The Morgan fingerprint density at radius 1 is 1.06 bits per heavy atom. The van der Waals surface area contributed by atoms with Crippen LogP contribution in [0.5, 0.6) is 5.75 Å². The van der Waals surface area contributed by atoms with Crippen LogP contribution < -0.4 is 30.3 Å². The van der Waals surface area contributed by atoms with Gasteiger partial charge in [-0.2, -0.15) is 0 Å². The van der Waals surface area contributed by atoms with E-state index in [-0.39, 0.29) is 38.2 Å². The fourth-order valence-corrected chi connectivity index (χ4v) is 7.45. The minimum Gasteiger partial charge on any atom is -0.489 e. The SMILES string of the molecule is CC[C@H](N)C(=O)OCCS(=O)(=O)Nc1ccc(C(=O)Nc2cc3c(c(N4CCC(F)(F)CC4)n2)OCCC3)c(N2CCC3(CC2)CC3)c1. The highest BCUT2D eigenvalue weighted by Crippen LogP contribution is 2.54. The number of nitrogens with two attached hydrogens (primary N) is 1. The van der Waals surface area contributed by atoms with Crippen LogP contribution in [0, 0.1) is 5.41 Å². The van der Waals surface area contributed by atoms with E-state index in [0.717, 1.165) is 37.9 Å². The largest absolute Gasteiger partial charge is 0.489 e. The lowest BCUT2D eigenvalue weighted by Gasteiger charge is -2.35. The van der Waals surface area contributed by atoms with Gasteiger partial charge in [0.15, 0.2) is 11.6 Å². The van der Waals surface area contributed by atoms with Crippen LogP contribution in [0.15, 0.2) is 24.3 Å². The van der Waals surface area contributed by atoms with Crippen LogP contribution in [0.2, 0.25) is 0 Å². The molecule has 0 radical (unpaired) electrons. The summed E-state index contributed by atoms with van der Waals surface area (Å²) < 4.78 is 67.2. The molecule has 15 heteroatoms. The first-order valence-corrected chi connectivity index (χ1v) is 18.4. The van der Waals surface area contributed by atoms with Crippen LogP contribution in [0.25, 0.3) is 0 Å². The number of amides is 1. The van der Waals surface area contributed by atoms with Crippen molar-refractivity contribution >= 4 is 44.9 Å². The van der Waals surface area contributed by atoms with E-state index in [1.165, 1.54) is 18.9 Å². The van der Waals surface area contributed by atoms with Crippen LogP contribution in [0.4, 0.5) is 31.8 Å². The van der Waals surface area contributed by atoms with Gasteiger partial charge in [0.25, 0.3) is 11.8 Å². The monoisotopic (exact) mass is 690 g/mol. The highest BCUT2D eigenvalue weighted by molar-refractivity contribution is 7.92. The molecule has 4 heterocycles. The third-order valence-corrected chi connectivity index (χ3v) is 11.1. The molecule has 1 spiro atoms. The average Bonchev–Trinajstić information content (AvgIpc) is 3.82. The van der Waals surface area contributed by atoms with Gasteiger partial charge in [-0.25, -0.2) is 22.2 Å². The number of hydrogen-bond donors (Lipinski definition) is 3. The van der Waals surface area contributed by atoms with Gasteiger partial charge < -0.3 is 30.3 Å². The molecule has 3 aliphatic heterocycles. The van der Waals surface area contributed by atoms with Gasteiger partial charge in [-0.3, -0.25) is 14.3 Å². The molecule has 0 bridgehead atoms. The number of aromatic nitrogens is 1. The highest BCUT2D eigenvalue weighted by atomic mass is 32.2. The van der Waals surface area contributed by atoms with Gasteiger partial charge in [-0.1, -0.05) is 6.92 Å². The predicted molar refractivity (Wildman–Crippen MR) is 179 cm³/mol. The van der Waals surface area contributed by atoms with Crippen molar-refractivity contribution < 1.29 is 36.3 Å². The number of anilines is 4. The van der Waals surface area contributed by atoms with Gasteiger partial charge in [0, 0.05) is 44.6 Å². The molecule has 1 aromatic heterocycles. The van der Waals surface area contributed by atoms with Gasteiger partial charge in [0.2, 0.25) is 10.0 Å². The molecule has 4 N–H and O–H groups in total. The van der Waals surface area contributed by atoms with E-state index in [2.05, 4.69) is 14.9 Å². The first-order chi connectivity index (χ1) is 22.9. The summed E-state index contributed by atoms with van der Waals surface area (Å²) in [7, 11) is -3.89. The zero-order chi connectivity index (χ0) is 34.1. The highest BCUT2D eigenvalue weighted by Gasteiger charge is 2.45. The molecule has 4 aliphatic rings. The number of pyridine rings is 1. The summed E-state index contributed by atoms with van der Waals surface area (Å²) in [5, 5.41) is 2.93. The number of hydrogen-bond acceptors (Lipinski definition) is 10. The van der Waals surface area contributed by atoms with Gasteiger partial charge in [0.05, 0.1) is 23.5 Å². The maximum atomic E-state index is 14.0. The number of nitrogens with one attached hydrogen (secondary N) is 2. The molecule has 3 fully saturated rings. The third-order valence-electron chi connectivity index (χ3n) is 9.88. The van der Waals surface area contributed by atoms with Crippen molar-refractivity contribution in [2.24, 2.45) is 11.1 Å². The summed E-state index contributed by atoms with van der Waals surface area (Å²) in [5.74, 6) is -2.93. The Balaban J connectivity index is 1.22. The van der Waals surface area contributed by atoms with E-state index < -0.39 is 39.6 Å². The number of rotatable bonds is 11. The van der Waals surface area contributed by atoms with E-state index in [9.17, 15) is 26.8 Å². The number of benzene rings is 1. The summed E-state index contributed by atoms with van der Waals surface area (Å²) in [6, 6.07) is 5.72. The molecule has 12 nitrogen and oxygen atoms in total. The minimum atomic E-state index is -3.89. The molecule has 1 aliphatic carbocycles. The molecule has 1 amide bonds. The van der Waals surface area contributed by atoms with Crippen LogP contribution in [-0.2, 0) is 26.0 Å². The molecule has 1 atom stereocenters. The Labute approximate surface area is 279 Å². The number of aryl methyl sites for hydroxylation is 1. The Morgan fingerprint density at radius 2 is 1.77 bits per heavy atom. The van der Waals surface area contributed by atoms with Crippen molar-refractivity contribution in [1.82, 2.24) is 4.98 Å². The molecule has 262 valence electrons. The lowest BCUT2D eigenvalue weighted by Crippen LogP contribution is -2.40. The van der Waals surface area contributed by atoms with E-state index in [1.807, 2.05) is 0 Å². The first kappa shape index (κ1) is 34.2. The number of halogens is 2. The fourth-order valence-electron chi connectivity index (χ4n) is 6.56. The van der Waals surface area contributed by atoms with Gasteiger partial charge in [-0.05, 0) is 74.6 Å². The number of fused-ring (bicyclic) bond motifs is 1. The maximum absolute atomic E-state index is 14.0. The predicted octanol–water partition coefficient (Wildman–Crippen LogP) is 4.30. The van der Waals surface area contributed by atoms with Crippen LogP contribution >= 0.6 is 0 Å². The standard InChI is InChI=1S/C33H44F2N6O6S/c1-2-25(36)31(43)47-18-19-48(44,45)39-23-5-6-24(26(21-23)40-13-9-32(7-8-32)10-14-40)30(42)38-27-20-22-4-3-17-46-28(22)29(37-27)41-15-11-33(34,35)12-16-41/h5-6,20-21,25,39H,2-4,7-19,36H2,1H3,(H,37,38,42)/t25-/m0/s1. The smallest absolute Gasteiger partial charge is 0.322 e. The second-order valence-corrected chi connectivity index (χ2v) is 15.2. The second kappa shape index (κ2) is 13.7. The number of ether oxygens (including phenoxy) is 2. The zero-order valence-electron chi connectivity index (χ0n) is 27.2. The Bertz CT molecular complexity index is 1630. The maximum Gasteiger partial charge on any atom is 0.322 e. The van der Waals surface area contributed by atoms with E-state index in [1.54, 1.807) is 30.0 Å². The summed E-state index contributed by atoms with van der Waals surface area (Å²) in [6.07, 6.45) is 5.68. The lowest BCUT2D eigenvalue weighted by atomic mass is 9.93. The van der Waals surface area contributed by atoms with E-state index in [0.29, 0.717) is 53.5 Å². The van der Waals surface area contributed by atoms with E-state index in [4.69, 9.17) is 20.2 Å². The Hall–Kier alpha value is -3.72. The summed E-state index contributed by atoms with van der Waals surface area (Å²) >= 11 is 0. The van der Waals surface area contributed by atoms with Crippen molar-refractivity contribution in [3.63, 3.8) is 0 Å². The quantitative estimate of drug-likeness (QED) is 0.291. The van der Waals surface area contributed by atoms with Crippen LogP contribution in [0.1, 0.15) is 74.2 Å². The number of carbonyl (C=O) groups excluding carboxylic acids is 2. The number of sulfonamides is 1. The fraction of sp³-hybridized carbons (Fsp3) is 0.606. The molecule has 1 saturated carbocycles. The van der Waals surface area contributed by atoms with Crippen molar-refractivity contribution in [3.05, 3.63) is 35.4 Å². The molecular formula is C33H44F2N6O6S.